The highest BCUT2D eigenvalue weighted by molar-refractivity contribution is 6.08. The number of nitrogens with zero attached hydrogens (tertiary/aromatic N) is 4. The lowest BCUT2D eigenvalue weighted by Crippen LogP contribution is -2.24. The van der Waals surface area contributed by atoms with Gasteiger partial charge in [-0.05, 0) is 49.6 Å². The highest BCUT2D eigenvalue weighted by Crippen LogP contribution is 2.29. The van der Waals surface area contributed by atoms with Gasteiger partial charge in [-0.3, -0.25) is 9.78 Å². The third-order valence-corrected chi connectivity index (χ3v) is 5.83. The van der Waals surface area contributed by atoms with E-state index in [0.29, 0.717) is 18.1 Å². The highest BCUT2D eigenvalue weighted by Gasteiger charge is 2.30. The number of hydrogen-bond donors (Lipinski definition) is 2. The fraction of sp³-hybridized carbons (Fsp3) is 0.304. The van der Waals surface area contributed by atoms with Crippen LogP contribution in [0, 0.1) is 0 Å². The molecule has 1 amide bonds. The summed E-state index contributed by atoms with van der Waals surface area (Å²) in [5.74, 6) is 1.29. The topological polar surface area (TPSA) is 92.3 Å². The Kier molecular flexibility index (Phi) is 5.72. The van der Waals surface area contributed by atoms with Crippen LogP contribution in [0.25, 0.3) is 0 Å². The first kappa shape index (κ1) is 21.0. The molecule has 1 fully saturated rings. The molecule has 10 heteroatoms. The molecule has 4 heterocycles. The van der Waals surface area contributed by atoms with E-state index in [-0.39, 0.29) is 23.7 Å². The molecule has 2 N–H and O–H groups in total. The van der Waals surface area contributed by atoms with Gasteiger partial charge in [0.15, 0.2) is 0 Å². The van der Waals surface area contributed by atoms with Crippen LogP contribution in [0.1, 0.15) is 35.3 Å². The molecule has 5 rings (SSSR count). The molecule has 0 saturated heterocycles. The number of carbonyl (C=O) groups excluding carboxylic acids is 1. The van der Waals surface area contributed by atoms with E-state index in [4.69, 9.17) is 0 Å². The number of pyridine rings is 3. The standard InChI is InChI=1S/C23H22F2N6O2/c24-23(25)33-18-6-8-20(28-12-18)30-16-4-3-15(10-16)29-19-7-5-17(11-27-19)31-13-14-2-1-9-26-21(14)22(31)32/h1-2,5-9,11-12,15-16,23H,3-4,10,13H2,(H,27,29)(H,28,30)/t15-,16-/m0/s1. The Balaban J connectivity index is 1.14. The second-order valence-corrected chi connectivity index (χ2v) is 8.06. The number of anilines is 3. The van der Waals surface area contributed by atoms with Gasteiger partial charge in [0.1, 0.15) is 23.1 Å². The quantitative estimate of drug-likeness (QED) is 0.558. The Bertz CT molecular complexity index is 1130. The minimum absolute atomic E-state index is 0.0341. The predicted molar refractivity (Wildman–Crippen MR) is 119 cm³/mol. The lowest BCUT2D eigenvalue weighted by molar-refractivity contribution is -0.0500. The third-order valence-electron chi connectivity index (χ3n) is 5.83. The summed E-state index contributed by atoms with van der Waals surface area (Å²) in [6.45, 7) is -2.37. The summed E-state index contributed by atoms with van der Waals surface area (Å²) < 4.78 is 28.8. The number of rotatable bonds is 7. The van der Waals surface area contributed by atoms with Crippen LogP contribution in [0.4, 0.5) is 26.1 Å². The number of halogens is 2. The first-order chi connectivity index (χ1) is 16.0. The maximum absolute atomic E-state index is 12.6. The number of carbonyl (C=O) groups is 1. The number of alkyl halides is 2. The molecule has 1 aliphatic carbocycles. The SMILES string of the molecule is O=C1c2ncccc2CN1c1ccc(N[C@H]2CC[C@H](Nc3ccc(OC(F)F)cn3)C2)nc1. The number of nitrogens with one attached hydrogen (secondary N) is 2. The summed E-state index contributed by atoms with van der Waals surface area (Å²) in [6, 6.07) is 11.1. The molecule has 1 aliphatic heterocycles. The van der Waals surface area contributed by atoms with E-state index in [9.17, 15) is 13.6 Å². The number of amides is 1. The summed E-state index contributed by atoms with van der Waals surface area (Å²) in [5.41, 5.74) is 2.15. The Morgan fingerprint density at radius 1 is 0.970 bits per heavy atom. The molecule has 3 aromatic heterocycles. The molecular formula is C23H22F2N6O2. The zero-order chi connectivity index (χ0) is 22.8. The maximum atomic E-state index is 12.6. The smallest absolute Gasteiger partial charge is 0.387 e. The Hall–Kier alpha value is -3.82. The first-order valence-corrected chi connectivity index (χ1v) is 10.7. The lowest BCUT2D eigenvalue weighted by atomic mass is 10.2. The van der Waals surface area contributed by atoms with Crippen LogP contribution < -0.4 is 20.3 Å². The van der Waals surface area contributed by atoms with Gasteiger partial charge in [-0.25, -0.2) is 9.97 Å². The van der Waals surface area contributed by atoms with Crippen LogP contribution in [0.15, 0.2) is 55.0 Å². The molecule has 0 radical (unpaired) electrons. The molecule has 0 bridgehead atoms. The minimum atomic E-state index is -2.86. The molecule has 33 heavy (non-hydrogen) atoms. The Morgan fingerprint density at radius 2 is 1.70 bits per heavy atom. The van der Waals surface area contributed by atoms with Crippen LogP contribution >= 0.6 is 0 Å². The van der Waals surface area contributed by atoms with Crippen molar-refractivity contribution in [3.8, 4) is 5.75 Å². The Morgan fingerprint density at radius 3 is 2.30 bits per heavy atom. The van der Waals surface area contributed by atoms with E-state index in [1.165, 1.54) is 12.3 Å². The summed E-state index contributed by atoms with van der Waals surface area (Å²) in [5, 5.41) is 6.78. The van der Waals surface area contributed by atoms with E-state index in [2.05, 4.69) is 30.3 Å². The van der Waals surface area contributed by atoms with Gasteiger partial charge in [0, 0.05) is 23.8 Å². The average molecular weight is 452 g/mol. The first-order valence-electron chi connectivity index (χ1n) is 10.7. The van der Waals surface area contributed by atoms with Gasteiger partial charge in [-0.2, -0.15) is 8.78 Å². The van der Waals surface area contributed by atoms with Crippen molar-refractivity contribution in [2.75, 3.05) is 15.5 Å². The number of fused-ring (bicyclic) bond motifs is 1. The second kappa shape index (κ2) is 8.97. The summed E-state index contributed by atoms with van der Waals surface area (Å²) in [4.78, 5) is 27.1. The minimum Gasteiger partial charge on any atom is -0.433 e. The van der Waals surface area contributed by atoms with Gasteiger partial charge in [0.2, 0.25) is 0 Å². The lowest BCUT2D eigenvalue weighted by Gasteiger charge is -2.18. The van der Waals surface area contributed by atoms with Crippen molar-refractivity contribution in [3.63, 3.8) is 0 Å². The third kappa shape index (κ3) is 4.69. The molecule has 8 nitrogen and oxygen atoms in total. The van der Waals surface area contributed by atoms with Crippen molar-refractivity contribution < 1.29 is 18.3 Å². The van der Waals surface area contributed by atoms with Crippen LogP contribution in [0.3, 0.4) is 0 Å². The van der Waals surface area contributed by atoms with Crippen molar-refractivity contribution in [1.82, 2.24) is 15.0 Å². The molecule has 170 valence electrons. The van der Waals surface area contributed by atoms with Crippen LogP contribution in [0.5, 0.6) is 5.75 Å². The number of hydrogen-bond acceptors (Lipinski definition) is 7. The normalized spacial score (nSPS) is 19.6. The average Bonchev–Trinajstić information content (AvgIpc) is 3.39. The second-order valence-electron chi connectivity index (χ2n) is 8.06. The molecule has 1 saturated carbocycles. The Labute approximate surface area is 189 Å². The van der Waals surface area contributed by atoms with Crippen molar-refractivity contribution in [2.45, 2.75) is 44.5 Å². The number of aromatic nitrogens is 3. The van der Waals surface area contributed by atoms with Crippen LogP contribution in [0.2, 0.25) is 0 Å². The highest BCUT2D eigenvalue weighted by atomic mass is 19.3. The van der Waals surface area contributed by atoms with Crippen molar-refractivity contribution in [3.05, 3.63) is 66.2 Å². The van der Waals surface area contributed by atoms with E-state index >= 15 is 0 Å². The fourth-order valence-electron chi connectivity index (χ4n) is 4.27. The summed E-state index contributed by atoms with van der Waals surface area (Å²) >= 11 is 0. The molecule has 0 unspecified atom stereocenters. The van der Waals surface area contributed by atoms with E-state index in [1.807, 2.05) is 24.3 Å². The zero-order valence-electron chi connectivity index (χ0n) is 17.6. The molecular weight excluding hydrogens is 430 g/mol. The van der Waals surface area contributed by atoms with Gasteiger partial charge in [0.25, 0.3) is 5.91 Å². The largest absolute Gasteiger partial charge is 0.433 e. The van der Waals surface area contributed by atoms with Gasteiger partial charge in [-0.1, -0.05) is 6.07 Å². The molecule has 3 aromatic rings. The molecule has 0 aromatic carbocycles. The zero-order valence-corrected chi connectivity index (χ0v) is 17.6. The van der Waals surface area contributed by atoms with Gasteiger partial charge in [0.05, 0.1) is 24.6 Å². The molecule has 0 spiro atoms. The van der Waals surface area contributed by atoms with E-state index < -0.39 is 6.61 Å². The van der Waals surface area contributed by atoms with Crippen molar-refractivity contribution >= 4 is 23.2 Å². The molecule has 2 aliphatic rings. The van der Waals surface area contributed by atoms with E-state index in [1.54, 1.807) is 23.4 Å². The van der Waals surface area contributed by atoms with Crippen molar-refractivity contribution in [1.29, 1.82) is 0 Å². The summed E-state index contributed by atoms with van der Waals surface area (Å²) in [6.07, 6.45) is 7.38. The van der Waals surface area contributed by atoms with Gasteiger partial charge >= 0.3 is 6.61 Å². The van der Waals surface area contributed by atoms with Crippen molar-refractivity contribution in [2.24, 2.45) is 0 Å². The predicted octanol–water partition coefficient (Wildman–Crippen LogP) is 4.08. The van der Waals surface area contributed by atoms with Crippen LogP contribution in [-0.4, -0.2) is 39.6 Å². The van der Waals surface area contributed by atoms with Crippen LogP contribution in [-0.2, 0) is 6.54 Å². The van der Waals surface area contributed by atoms with Gasteiger partial charge in [-0.15, -0.1) is 0 Å². The fourth-order valence-corrected chi connectivity index (χ4v) is 4.27. The number of ether oxygens (including phenoxy) is 1. The summed E-state index contributed by atoms with van der Waals surface area (Å²) in [7, 11) is 0. The van der Waals surface area contributed by atoms with Gasteiger partial charge < -0.3 is 20.3 Å². The monoisotopic (exact) mass is 452 g/mol. The van der Waals surface area contributed by atoms with E-state index in [0.717, 1.165) is 36.3 Å². The maximum Gasteiger partial charge on any atom is 0.387 e. The molecule has 2 atom stereocenters.